The first-order chi connectivity index (χ1) is 19.3. The third-order valence-corrected chi connectivity index (χ3v) is 7.87. The van der Waals surface area contributed by atoms with Crippen LogP contribution in [0.3, 0.4) is 0 Å². The minimum Gasteiger partial charge on any atom is -0.463 e. The zero-order chi connectivity index (χ0) is 28.2. The van der Waals surface area contributed by atoms with Gasteiger partial charge in [-0.2, -0.15) is 0 Å². The van der Waals surface area contributed by atoms with Crippen LogP contribution in [-0.2, 0) is 9.53 Å². The lowest BCUT2D eigenvalue weighted by Gasteiger charge is -2.46. The number of benzene rings is 4. The molecule has 0 bridgehead atoms. The van der Waals surface area contributed by atoms with Crippen LogP contribution in [0, 0.1) is 11.6 Å². The molecule has 0 aromatic heterocycles. The van der Waals surface area contributed by atoms with Gasteiger partial charge in [-0.05, 0) is 90.8 Å². The fourth-order valence-corrected chi connectivity index (χ4v) is 5.56. The van der Waals surface area contributed by atoms with E-state index < -0.39 is 12.0 Å². The summed E-state index contributed by atoms with van der Waals surface area (Å²) in [5.41, 5.74) is 4.38. The van der Waals surface area contributed by atoms with Crippen LogP contribution in [0.25, 0.3) is 0 Å². The van der Waals surface area contributed by atoms with Crippen LogP contribution in [0.5, 0.6) is 0 Å². The van der Waals surface area contributed by atoms with Crippen LogP contribution < -0.4 is 10.2 Å². The van der Waals surface area contributed by atoms with Gasteiger partial charge in [0.05, 0.1) is 24.3 Å². The van der Waals surface area contributed by atoms with Crippen molar-refractivity contribution < 1.29 is 18.3 Å². The third-order valence-electron chi connectivity index (χ3n) is 6.81. The molecule has 0 fully saturated rings. The van der Waals surface area contributed by atoms with Gasteiger partial charge in [0, 0.05) is 32.4 Å². The van der Waals surface area contributed by atoms with E-state index in [0.717, 1.165) is 25.8 Å². The fourth-order valence-electron chi connectivity index (χ4n) is 5.03. The van der Waals surface area contributed by atoms with Crippen molar-refractivity contribution in [3.05, 3.63) is 140 Å². The first-order valence-corrected chi connectivity index (χ1v) is 14.4. The summed E-state index contributed by atoms with van der Waals surface area (Å²) >= 11 is 7.04. The van der Waals surface area contributed by atoms with E-state index in [2.05, 4.69) is 42.1 Å². The summed E-state index contributed by atoms with van der Waals surface area (Å²) in [4.78, 5) is 15.9. The van der Waals surface area contributed by atoms with Gasteiger partial charge < -0.3 is 15.0 Å². The van der Waals surface area contributed by atoms with E-state index >= 15 is 0 Å². The zero-order valence-electron chi connectivity index (χ0n) is 21.6. The average Bonchev–Trinajstić information content (AvgIpc) is 2.95. The maximum Gasteiger partial charge on any atom is 0.338 e. The topological polar surface area (TPSA) is 41.6 Å². The van der Waals surface area contributed by atoms with E-state index in [1.54, 1.807) is 31.2 Å². The number of carbonyl (C=O) groups excluding carboxylic acids is 1. The summed E-state index contributed by atoms with van der Waals surface area (Å²) in [6.07, 6.45) is 0.414. The molecule has 8 heteroatoms. The minimum absolute atomic E-state index is 0.200. The number of nitrogens with zero attached hydrogens (tertiary/aromatic N) is 1. The molecule has 1 aliphatic heterocycles. The van der Waals surface area contributed by atoms with Gasteiger partial charge in [0.2, 0.25) is 0 Å². The Kier molecular flexibility index (Phi) is 8.66. The molecule has 1 aliphatic rings. The normalized spacial score (nSPS) is 17.1. The summed E-state index contributed by atoms with van der Waals surface area (Å²) in [6.45, 7) is 1.97. The Morgan fingerprint density at radius 2 is 1.35 bits per heavy atom. The van der Waals surface area contributed by atoms with E-state index in [9.17, 15) is 13.6 Å². The van der Waals surface area contributed by atoms with E-state index in [-0.39, 0.29) is 24.3 Å². The molecule has 0 spiro atoms. The van der Waals surface area contributed by atoms with Crippen LogP contribution in [0.4, 0.5) is 20.2 Å². The Balaban J connectivity index is 1.77. The molecule has 1 N–H and O–H groups in total. The molecule has 4 nitrogen and oxygen atoms in total. The van der Waals surface area contributed by atoms with Gasteiger partial charge in [-0.3, -0.25) is 0 Å². The summed E-state index contributed by atoms with van der Waals surface area (Å²) in [6, 6.07) is 27.3. The Hall–Kier alpha value is -3.49. The van der Waals surface area contributed by atoms with Gasteiger partial charge in [-0.1, -0.05) is 56.1 Å². The smallest absolute Gasteiger partial charge is 0.338 e. The van der Waals surface area contributed by atoms with Crippen molar-refractivity contribution in [3.8, 4) is 0 Å². The van der Waals surface area contributed by atoms with Crippen molar-refractivity contribution in [1.29, 1.82) is 0 Å². The van der Waals surface area contributed by atoms with Crippen molar-refractivity contribution in [3.63, 3.8) is 0 Å². The highest BCUT2D eigenvalue weighted by Gasteiger charge is 2.41. The van der Waals surface area contributed by atoms with Crippen molar-refractivity contribution in [2.75, 3.05) is 16.8 Å². The second kappa shape index (κ2) is 12.4. The highest BCUT2D eigenvalue weighted by Crippen LogP contribution is 2.48. The molecule has 1 heterocycles. The first-order valence-electron chi connectivity index (χ1n) is 12.8. The number of nitrogens with one attached hydrogen (secondary N) is 1. The lowest BCUT2D eigenvalue weighted by atomic mass is 9.84. The quantitative estimate of drug-likeness (QED) is 0.200. The largest absolute Gasteiger partial charge is 0.463 e. The Bertz CT molecular complexity index is 1510. The van der Waals surface area contributed by atoms with Crippen LogP contribution in [-0.4, -0.2) is 12.6 Å². The van der Waals surface area contributed by atoms with Gasteiger partial charge in [-0.25, -0.2) is 13.6 Å². The van der Waals surface area contributed by atoms with Gasteiger partial charge >= 0.3 is 5.97 Å². The maximum atomic E-state index is 14.1. The number of esters is 1. The summed E-state index contributed by atoms with van der Waals surface area (Å²) in [7, 11) is 0. The summed E-state index contributed by atoms with van der Waals surface area (Å²) in [5, 5.41) is 3.41. The number of carbonyl (C=O) groups is 1. The highest BCUT2D eigenvalue weighted by atomic mass is 79.9. The second-order valence-corrected chi connectivity index (χ2v) is 11.2. The molecule has 0 aliphatic carbocycles. The Morgan fingerprint density at radius 3 is 1.90 bits per heavy atom. The van der Waals surface area contributed by atoms with E-state index in [1.165, 1.54) is 24.3 Å². The molecule has 2 atom stereocenters. The molecular formula is C32H26Br2F2N2O2. The molecule has 204 valence electrons. The Morgan fingerprint density at radius 1 is 0.825 bits per heavy atom. The van der Waals surface area contributed by atoms with Crippen molar-refractivity contribution in [1.82, 2.24) is 0 Å². The number of ether oxygens (including phenoxy) is 1. The number of rotatable bonds is 7. The van der Waals surface area contributed by atoms with E-state index in [0.29, 0.717) is 23.4 Å². The van der Waals surface area contributed by atoms with Crippen LogP contribution in [0.2, 0.25) is 0 Å². The lowest BCUT2D eigenvalue weighted by Crippen LogP contribution is -2.41. The SMILES string of the molecule is CCOC(=O)C1=C(Nc2ccc(F)cc2)C[C@H](c2ccc(Br)cc2)N(c2ccc(F)cc2)[C@H]1c1ccc(Br)cc1. The van der Waals surface area contributed by atoms with Crippen molar-refractivity contribution in [2.45, 2.75) is 25.4 Å². The van der Waals surface area contributed by atoms with Crippen molar-refractivity contribution >= 4 is 49.2 Å². The van der Waals surface area contributed by atoms with Gasteiger partial charge in [0.1, 0.15) is 11.6 Å². The summed E-state index contributed by atoms with van der Waals surface area (Å²) < 4.78 is 35.2. The van der Waals surface area contributed by atoms with E-state index in [4.69, 9.17) is 4.74 Å². The van der Waals surface area contributed by atoms with Crippen LogP contribution >= 0.6 is 31.9 Å². The zero-order valence-corrected chi connectivity index (χ0v) is 24.8. The summed E-state index contributed by atoms with van der Waals surface area (Å²) in [5.74, 6) is -1.15. The maximum absolute atomic E-state index is 14.1. The second-order valence-electron chi connectivity index (χ2n) is 9.35. The fraction of sp³-hybridized carbons (Fsp3) is 0.156. The molecule has 0 unspecified atom stereocenters. The number of hydrogen-bond donors (Lipinski definition) is 1. The number of anilines is 2. The highest BCUT2D eigenvalue weighted by molar-refractivity contribution is 9.10. The lowest BCUT2D eigenvalue weighted by molar-refractivity contribution is -0.139. The van der Waals surface area contributed by atoms with Crippen LogP contribution in [0.1, 0.15) is 36.6 Å². The van der Waals surface area contributed by atoms with Gasteiger partial charge in [-0.15, -0.1) is 0 Å². The third kappa shape index (κ3) is 6.13. The first kappa shape index (κ1) is 28.1. The molecule has 0 amide bonds. The molecular weight excluding hydrogens is 642 g/mol. The van der Waals surface area contributed by atoms with E-state index in [1.807, 2.05) is 48.5 Å². The van der Waals surface area contributed by atoms with Gasteiger partial charge in [0.15, 0.2) is 0 Å². The molecule has 0 saturated heterocycles. The predicted octanol–water partition coefficient (Wildman–Crippen LogP) is 9.11. The van der Waals surface area contributed by atoms with Crippen LogP contribution in [0.15, 0.2) is 117 Å². The predicted molar refractivity (Wildman–Crippen MR) is 161 cm³/mol. The molecule has 0 saturated carbocycles. The standard InChI is InChI=1S/C32H26Br2F2N2O2/c1-2-40-32(39)30-28(37-26-15-11-24(35)12-16-26)19-29(20-3-7-22(33)8-4-20)38(27-17-13-25(36)14-18-27)31(30)21-5-9-23(34)10-6-21/h3-18,29,31,37H,2,19H2,1H3/t29-,31+/m1/s1. The molecule has 5 rings (SSSR count). The minimum atomic E-state index is -0.581. The monoisotopic (exact) mass is 666 g/mol. The number of halogens is 4. The average molecular weight is 668 g/mol. The molecule has 0 radical (unpaired) electrons. The molecule has 4 aromatic carbocycles. The molecule has 4 aromatic rings. The Labute approximate surface area is 248 Å². The van der Waals surface area contributed by atoms with Crippen molar-refractivity contribution in [2.24, 2.45) is 0 Å². The van der Waals surface area contributed by atoms with Gasteiger partial charge in [0.25, 0.3) is 0 Å². The molecule has 40 heavy (non-hydrogen) atoms. The number of hydrogen-bond acceptors (Lipinski definition) is 4.